The van der Waals surface area contributed by atoms with Crippen molar-refractivity contribution in [3.63, 3.8) is 0 Å². The van der Waals surface area contributed by atoms with E-state index in [0.717, 1.165) is 17.4 Å². The Morgan fingerprint density at radius 3 is 2.50 bits per heavy atom. The van der Waals surface area contributed by atoms with Gasteiger partial charge in [-0.25, -0.2) is 4.98 Å². The fourth-order valence-electron chi connectivity index (χ4n) is 2.29. The maximum Gasteiger partial charge on any atom is 0.129 e. The number of rotatable bonds is 5. The van der Waals surface area contributed by atoms with Gasteiger partial charge in [0.2, 0.25) is 0 Å². The van der Waals surface area contributed by atoms with Gasteiger partial charge in [0, 0.05) is 25.3 Å². The lowest BCUT2D eigenvalue weighted by Gasteiger charge is -2.27. The second kappa shape index (κ2) is 5.27. The molecule has 0 aromatic carbocycles. The zero-order chi connectivity index (χ0) is 13.3. The van der Waals surface area contributed by atoms with Crippen LogP contribution in [0, 0.1) is 5.92 Å². The summed E-state index contributed by atoms with van der Waals surface area (Å²) in [7, 11) is 2.15. The lowest BCUT2D eigenvalue weighted by Crippen LogP contribution is -2.31. The molecule has 2 rings (SSSR count). The molecule has 1 saturated carbocycles. The van der Waals surface area contributed by atoms with Crippen LogP contribution in [0.25, 0.3) is 0 Å². The van der Waals surface area contributed by atoms with Crippen molar-refractivity contribution in [1.82, 2.24) is 4.98 Å². The first kappa shape index (κ1) is 13.3. The Morgan fingerprint density at radius 1 is 1.33 bits per heavy atom. The van der Waals surface area contributed by atoms with Gasteiger partial charge in [-0.1, -0.05) is 13.8 Å². The van der Waals surface area contributed by atoms with Gasteiger partial charge in [0.05, 0.1) is 0 Å². The molecule has 3 heteroatoms. The predicted molar refractivity (Wildman–Crippen MR) is 76.8 cm³/mol. The molecule has 1 aromatic heterocycles. The van der Waals surface area contributed by atoms with Gasteiger partial charge < -0.3 is 10.6 Å². The number of hydrogen-bond donors (Lipinski definition) is 1. The van der Waals surface area contributed by atoms with Crippen LogP contribution in [-0.2, 0) is 6.54 Å². The van der Waals surface area contributed by atoms with Crippen LogP contribution in [0.2, 0.25) is 0 Å². The Bertz CT molecular complexity index is 410. The first-order valence-electron chi connectivity index (χ1n) is 6.96. The molecule has 1 heterocycles. The molecule has 0 amide bonds. The largest absolute Gasteiger partial charge is 0.357 e. The lowest BCUT2D eigenvalue weighted by atomic mass is 10.1. The number of nitrogens with zero attached hydrogens (tertiary/aromatic N) is 2. The summed E-state index contributed by atoms with van der Waals surface area (Å²) in [4.78, 5) is 7.09. The fourth-order valence-corrected chi connectivity index (χ4v) is 2.29. The van der Waals surface area contributed by atoms with Gasteiger partial charge >= 0.3 is 0 Å². The Morgan fingerprint density at radius 2 is 2.00 bits per heavy atom. The molecule has 1 aromatic rings. The highest BCUT2D eigenvalue weighted by Gasteiger charge is 2.31. The smallest absolute Gasteiger partial charge is 0.129 e. The molecule has 0 radical (unpaired) electrons. The number of aromatic nitrogens is 1. The molecule has 1 aliphatic rings. The van der Waals surface area contributed by atoms with E-state index in [-0.39, 0.29) is 0 Å². The van der Waals surface area contributed by atoms with Crippen LogP contribution in [0.15, 0.2) is 12.1 Å². The molecule has 0 aliphatic heterocycles. The van der Waals surface area contributed by atoms with E-state index >= 15 is 0 Å². The van der Waals surface area contributed by atoms with Gasteiger partial charge in [-0.05, 0) is 49.3 Å². The summed E-state index contributed by atoms with van der Waals surface area (Å²) in [5, 5.41) is 0. The van der Waals surface area contributed by atoms with E-state index in [2.05, 4.69) is 44.9 Å². The Kier molecular flexibility index (Phi) is 3.91. The molecule has 1 unspecified atom stereocenters. The molecule has 0 spiro atoms. The quantitative estimate of drug-likeness (QED) is 0.870. The van der Waals surface area contributed by atoms with Crippen molar-refractivity contribution in [2.75, 3.05) is 11.9 Å². The monoisotopic (exact) mass is 247 g/mol. The maximum absolute atomic E-state index is 5.79. The molecular formula is C15H25N3. The standard InChI is InChI=1S/C15H25N3/c1-10(2)14-7-12(9-16)8-15(17-14)18(4)11(3)13-5-6-13/h7-8,10-11,13H,5-6,9,16H2,1-4H3. The molecule has 3 nitrogen and oxygen atoms in total. The summed E-state index contributed by atoms with van der Waals surface area (Å²) in [6, 6.07) is 4.83. The molecule has 1 atom stereocenters. The maximum atomic E-state index is 5.79. The zero-order valence-electron chi connectivity index (χ0n) is 12.0. The lowest BCUT2D eigenvalue weighted by molar-refractivity contribution is 0.601. The van der Waals surface area contributed by atoms with Crippen LogP contribution >= 0.6 is 0 Å². The third kappa shape index (κ3) is 2.83. The van der Waals surface area contributed by atoms with Crippen molar-refractivity contribution in [3.05, 3.63) is 23.4 Å². The highest BCUT2D eigenvalue weighted by atomic mass is 15.2. The van der Waals surface area contributed by atoms with Gasteiger partial charge in [0.25, 0.3) is 0 Å². The topological polar surface area (TPSA) is 42.1 Å². The van der Waals surface area contributed by atoms with E-state index in [9.17, 15) is 0 Å². The fraction of sp³-hybridized carbons (Fsp3) is 0.667. The highest BCUT2D eigenvalue weighted by Crippen LogP contribution is 2.36. The van der Waals surface area contributed by atoms with Crippen LogP contribution in [0.1, 0.15) is 50.8 Å². The van der Waals surface area contributed by atoms with E-state index in [1.807, 2.05) is 0 Å². The first-order valence-corrected chi connectivity index (χ1v) is 6.96. The Labute approximate surface area is 110 Å². The van der Waals surface area contributed by atoms with Gasteiger partial charge in [0.15, 0.2) is 0 Å². The minimum atomic E-state index is 0.444. The average Bonchev–Trinajstić information content (AvgIpc) is 3.20. The van der Waals surface area contributed by atoms with Crippen molar-refractivity contribution >= 4 is 5.82 Å². The second-order valence-corrected chi connectivity index (χ2v) is 5.81. The summed E-state index contributed by atoms with van der Waals surface area (Å²) in [6.45, 7) is 7.23. The van der Waals surface area contributed by atoms with Crippen LogP contribution in [-0.4, -0.2) is 18.1 Å². The van der Waals surface area contributed by atoms with Gasteiger partial charge in [0.1, 0.15) is 5.82 Å². The van der Waals surface area contributed by atoms with E-state index < -0.39 is 0 Å². The van der Waals surface area contributed by atoms with Gasteiger partial charge in [-0.3, -0.25) is 0 Å². The SMILES string of the molecule is CC(C)c1cc(CN)cc(N(C)C(C)C2CC2)n1. The average molecular weight is 247 g/mol. The number of pyridine rings is 1. The normalized spacial score (nSPS) is 17.0. The van der Waals surface area contributed by atoms with E-state index in [0.29, 0.717) is 18.5 Å². The van der Waals surface area contributed by atoms with Gasteiger partial charge in [-0.2, -0.15) is 0 Å². The summed E-state index contributed by atoms with van der Waals surface area (Å²) in [6.07, 6.45) is 2.72. The Balaban J connectivity index is 2.27. The summed E-state index contributed by atoms with van der Waals surface area (Å²) in [5.74, 6) is 2.36. The van der Waals surface area contributed by atoms with Crippen LogP contribution in [0.4, 0.5) is 5.82 Å². The van der Waals surface area contributed by atoms with Gasteiger partial charge in [-0.15, -0.1) is 0 Å². The predicted octanol–water partition coefficient (Wildman–Crippen LogP) is 2.90. The Hall–Kier alpha value is -1.09. The number of nitrogens with two attached hydrogens (primary N) is 1. The third-order valence-electron chi connectivity index (χ3n) is 4.00. The van der Waals surface area contributed by atoms with Crippen molar-refractivity contribution < 1.29 is 0 Å². The minimum Gasteiger partial charge on any atom is -0.357 e. The second-order valence-electron chi connectivity index (χ2n) is 5.81. The summed E-state index contributed by atoms with van der Waals surface area (Å²) >= 11 is 0. The van der Waals surface area contributed by atoms with Crippen LogP contribution in [0.5, 0.6) is 0 Å². The molecule has 100 valence electrons. The van der Waals surface area contributed by atoms with E-state index in [1.165, 1.54) is 18.4 Å². The minimum absolute atomic E-state index is 0.444. The first-order chi connectivity index (χ1) is 8.52. The summed E-state index contributed by atoms with van der Waals surface area (Å²) < 4.78 is 0. The van der Waals surface area contributed by atoms with Crippen LogP contribution in [0.3, 0.4) is 0 Å². The molecular weight excluding hydrogens is 222 g/mol. The van der Waals surface area contributed by atoms with Crippen LogP contribution < -0.4 is 10.6 Å². The van der Waals surface area contributed by atoms with E-state index in [4.69, 9.17) is 10.7 Å². The van der Waals surface area contributed by atoms with Crippen molar-refractivity contribution in [2.45, 2.75) is 52.1 Å². The van der Waals surface area contributed by atoms with Crippen molar-refractivity contribution in [2.24, 2.45) is 11.7 Å². The molecule has 1 aliphatic carbocycles. The zero-order valence-corrected chi connectivity index (χ0v) is 12.0. The molecule has 1 fully saturated rings. The molecule has 0 bridgehead atoms. The van der Waals surface area contributed by atoms with E-state index in [1.54, 1.807) is 0 Å². The van der Waals surface area contributed by atoms with Crippen molar-refractivity contribution in [1.29, 1.82) is 0 Å². The molecule has 2 N–H and O–H groups in total. The molecule has 0 saturated heterocycles. The third-order valence-corrected chi connectivity index (χ3v) is 4.00. The number of anilines is 1. The molecule has 18 heavy (non-hydrogen) atoms. The van der Waals surface area contributed by atoms with Crippen molar-refractivity contribution in [3.8, 4) is 0 Å². The summed E-state index contributed by atoms with van der Waals surface area (Å²) in [5.41, 5.74) is 8.11. The highest BCUT2D eigenvalue weighted by molar-refractivity contribution is 5.44. The number of hydrogen-bond acceptors (Lipinski definition) is 3.